The summed E-state index contributed by atoms with van der Waals surface area (Å²) in [5, 5.41) is 7.91. The third-order valence-corrected chi connectivity index (χ3v) is 5.66. The molecule has 5 rings (SSSR count). The van der Waals surface area contributed by atoms with Gasteiger partial charge in [-0.05, 0) is 23.8 Å². The number of amides is 1. The van der Waals surface area contributed by atoms with Crippen LogP contribution in [0, 0.1) is 0 Å². The lowest BCUT2D eigenvalue weighted by Gasteiger charge is -2.34. The molecule has 2 aliphatic rings. The fourth-order valence-electron chi connectivity index (χ4n) is 4.01. The Balaban J connectivity index is 1.20. The number of piperazine rings is 1. The minimum Gasteiger partial charge on any atom is -0.454 e. The van der Waals surface area contributed by atoms with Crippen LogP contribution in [0.4, 0.5) is 0 Å². The normalized spacial score (nSPS) is 16.2. The molecule has 8 nitrogen and oxygen atoms in total. The molecule has 1 aromatic heterocycles. The van der Waals surface area contributed by atoms with Crippen molar-refractivity contribution in [2.24, 2.45) is 0 Å². The van der Waals surface area contributed by atoms with Crippen LogP contribution in [0.15, 0.2) is 47.3 Å². The summed E-state index contributed by atoms with van der Waals surface area (Å²) in [7, 11) is 0. The van der Waals surface area contributed by atoms with Crippen LogP contribution in [0.1, 0.15) is 11.3 Å². The maximum atomic E-state index is 12.8. The van der Waals surface area contributed by atoms with E-state index in [9.17, 15) is 9.59 Å². The van der Waals surface area contributed by atoms with E-state index < -0.39 is 0 Å². The van der Waals surface area contributed by atoms with Gasteiger partial charge in [-0.2, -0.15) is 5.10 Å². The van der Waals surface area contributed by atoms with Crippen molar-refractivity contribution in [1.82, 2.24) is 20.0 Å². The van der Waals surface area contributed by atoms with Crippen LogP contribution in [0.5, 0.6) is 11.5 Å². The van der Waals surface area contributed by atoms with Crippen LogP contribution in [-0.2, 0) is 17.8 Å². The zero-order valence-electron chi connectivity index (χ0n) is 16.5. The molecule has 1 amide bonds. The van der Waals surface area contributed by atoms with Gasteiger partial charge in [-0.3, -0.25) is 14.5 Å². The molecule has 3 heterocycles. The van der Waals surface area contributed by atoms with Gasteiger partial charge in [0.25, 0.3) is 5.56 Å². The van der Waals surface area contributed by atoms with Gasteiger partial charge in [0.2, 0.25) is 12.7 Å². The molecule has 3 aromatic rings. The number of hydrogen-bond donors (Lipinski definition) is 1. The second kappa shape index (κ2) is 7.79. The Morgan fingerprint density at radius 3 is 2.60 bits per heavy atom. The van der Waals surface area contributed by atoms with Crippen molar-refractivity contribution in [3.05, 3.63) is 64.1 Å². The molecular formula is C22H22N4O4. The Bertz CT molecular complexity index is 1150. The first-order valence-electron chi connectivity index (χ1n) is 10.0. The van der Waals surface area contributed by atoms with E-state index in [0.717, 1.165) is 36.5 Å². The molecule has 0 bridgehead atoms. The number of aromatic nitrogens is 2. The molecule has 1 N–H and O–H groups in total. The van der Waals surface area contributed by atoms with E-state index in [2.05, 4.69) is 21.2 Å². The molecule has 2 aromatic carbocycles. The largest absolute Gasteiger partial charge is 0.454 e. The molecule has 154 valence electrons. The maximum absolute atomic E-state index is 12.8. The van der Waals surface area contributed by atoms with Gasteiger partial charge in [-0.1, -0.05) is 24.3 Å². The van der Waals surface area contributed by atoms with Crippen molar-refractivity contribution in [2.75, 3.05) is 33.0 Å². The summed E-state index contributed by atoms with van der Waals surface area (Å²) < 4.78 is 10.8. The molecule has 0 aliphatic carbocycles. The number of aromatic amines is 1. The molecule has 0 atom stereocenters. The number of rotatable bonds is 4. The fraction of sp³-hybridized carbons (Fsp3) is 0.318. The zero-order chi connectivity index (χ0) is 20.5. The molecule has 0 saturated carbocycles. The number of benzene rings is 2. The van der Waals surface area contributed by atoms with Crippen LogP contribution in [-0.4, -0.2) is 58.9 Å². The van der Waals surface area contributed by atoms with Crippen molar-refractivity contribution in [3.63, 3.8) is 0 Å². The first-order valence-corrected chi connectivity index (χ1v) is 10.0. The Kier molecular flexibility index (Phi) is 4.84. The van der Waals surface area contributed by atoms with Gasteiger partial charge < -0.3 is 14.4 Å². The Morgan fingerprint density at radius 2 is 1.77 bits per heavy atom. The Morgan fingerprint density at radius 1 is 1.00 bits per heavy atom. The predicted molar refractivity (Wildman–Crippen MR) is 110 cm³/mol. The number of hydrogen-bond acceptors (Lipinski definition) is 6. The number of nitrogens with one attached hydrogen (secondary N) is 1. The third kappa shape index (κ3) is 3.61. The molecule has 2 aliphatic heterocycles. The maximum Gasteiger partial charge on any atom is 0.272 e. The van der Waals surface area contributed by atoms with Gasteiger partial charge in [0.1, 0.15) is 0 Å². The van der Waals surface area contributed by atoms with Crippen molar-refractivity contribution in [3.8, 4) is 11.5 Å². The van der Waals surface area contributed by atoms with Crippen molar-refractivity contribution in [1.29, 1.82) is 0 Å². The number of carbonyl (C=O) groups is 1. The highest BCUT2D eigenvalue weighted by molar-refractivity contribution is 5.88. The van der Waals surface area contributed by atoms with E-state index in [1.807, 2.05) is 35.2 Å². The lowest BCUT2D eigenvalue weighted by molar-refractivity contribution is -0.132. The molecule has 8 heteroatoms. The predicted octanol–water partition coefficient (Wildman–Crippen LogP) is 1.54. The van der Waals surface area contributed by atoms with E-state index in [4.69, 9.17) is 9.47 Å². The van der Waals surface area contributed by atoms with E-state index in [1.54, 1.807) is 6.07 Å². The summed E-state index contributed by atoms with van der Waals surface area (Å²) in [6.45, 7) is 4.04. The summed E-state index contributed by atoms with van der Waals surface area (Å²) in [4.78, 5) is 29.0. The number of fused-ring (bicyclic) bond motifs is 2. The molecule has 0 unspecified atom stereocenters. The first-order chi connectivity index (χ1) is 14.7. The molecule has 1 fully saturated rings. The average Bonchev–Trinajstić information content (AvgIpc) is 3.24. The summed E-state index contributed by atoms with van der Waals surface area (Å²) in [6, 6.07) is 13.3. The third-order valence-electron chi connectivity index (χ3n) is 5.66. The monoisotopic (exact) mass is 406 g/mol. The number of nitrogens with zero attached hydrogens (tertiary/aromatic N) is 3. The second-order valence-corrected chi connectivity index (χ2v) is 7.57. The van der Waals surface area contributed by atoms with Crippen LogP contribution >= 0.6 is 0 Å². The number of ether oxygens (including phenoxy) is 2. The van der Waals surface area contributed by atoms with Gasteiger partial charge in [-0.15, -0.1) is 0 Å². The van der Waals surface area contributed by atoms with Gasteiger partial charge >= 0.3 is 0 Å². The Hall–Kier alpha value is -3.39. The van der Waals surface area contributed by atoms with Crippen molar-refractivity contribution in [2.45, 2.75) is 13.0 Å². The summed E-state index contributed by atoms with van der Waals surface area (Å²) in [6.07, 6.45) is 0.180. The van der Waals surface area contributed by atoms with E-state index in [0.29, 0.717) is 24.2 Å². The highest BCUT2D eigenvalue weighted by Crippen LogP contribution is 2.32. The lowest BCUT2D eigenvalue weighted by atomic mass is 10.1. The SMILES string of the molecule is O=C(Cc1n[nH]c(=O)c2ccccc12)N1CCN(Cc2ccc3c(c2)OCO3)CC1. The standard InChI is InChI=1S/C22H22N4O4/c27-21(12-18-16-3-1-2-4-17(16)22(28)24-23-18)26-9-7-25(8-10-26)13-15-5-6-19-20(11-15)30-14-29-19/h1-6,11H,7-10,12-14H2,(H,24,28). The van der Waals surface area contributed by atoms with Crippen molar-refractivity contribution < 1.29 is 14.3 Å². The minimum atomic E-state index is -0.237. The van der Waals surface area contributed by atoms with Gasteiger partial charge in [0, 0.05) is 38.1 Å². The van der Waals surface area contributed by atoms with Crippen molar-refractivity contribution >= 4 is 16.7 Å². The lowest BCUT2D eigenvalue weighted by Crippen LogP contribution is -2.48. The summed E-state index contributed by atoms with van der Waals surface area (Å²) in [5.74, 6) is 1.61. The minimum absolute atomic E-state index is 0.0300. The molecule has 0 spiro atoms. The first kappa shape index (κ1) is 18.6. The molecule has 30 heavy (non-hydrogen) atoms. The highest BCUT2D eigenvalue weighted by Gasteiger charge is 2.23. The van der Waals surface area contributed by atoms with E-state index in [-0.39, 0.29) is 24.7 Å². The fourth-order valence-corrected chi connectivity index (χ4v) is 4.01. The molecular weight excluding hydrogens is 384 g/mol. The second-order valence-electron chi connectivity index (χ2n) is 7.57. The topological polar surface area (TPSA) is 87.8 Å². The van der Waals surface area contributed by atoms with Crippen LogP contribution in [0.25, 0.3) is 10.8 Å². The van der Waals surface area contributed by atoms with E-state index >= 15 is 0 Å². The quantitative estimate of drug-likeness (QED) is 0.707. The number of H-pyrrole nitrogens is 1. The molecule has 1 saturated heterocycles. The van der Waals surface area contributed by atoms with Gasteiger partial charge in [0.15, 0.2) is 11.5 Å². The van der Waals surface area contributed by atoms with E-state index in [1.165, 1.54) is 5.56 Å². The summed E-state index contributed by atoms with van der Waals surface area (Å²) >= 11 is 0. The number of carbonyl (C=O) groups excluding carboxylic acids is 1. The van der Waals surface area contributed by atoms with Gasteiger partial charge in [-0.25, -0.2) is 5.10 Å². The van der Waals surface area contributed by atoms with Crippen LogP contribution in [0.3, 0.4) is 0 Å². The zero-order valence-corrected chi connectivity index (χ0v) is 16.5. The van der Waals surface area contributed by atoms with Crippen LogP contribution < -0.4 is 15.0 Å². The smallest absolute Gasteiger partial charge is 0.272 e. The van der Waals surface area contributed by atoms with Crippen LogP contribution in [0.2, 0.25) is 0 Å². The van der Waals surface area contributed by atoms with Gasteiger partial charge in [0.05, 0.1) is 17.5 Å². The average molecular weight is 406 g/mol. The summed E-state index contributed by atoms with van der Waals surface area (Å²) in [5.41, 5.74) is 1.54. The molecule has 0 radical (unpaired) electrons. The Labute approximate surface area is 173 Å². The highest BCUT2D eigenvalue weighted by atomic mass is 16.7.